The van der Waals surface area contributed by atoms with Gasteiger partial charge < -0.3 is 15.7 Å². The molecule has 0 fully saturated rings. The van der Waals surface area contributed by atoms with Gasteiger partial charge in [0.05, 0.1) is 0 Å². The number of hydrogen-bond donors (Lipinski definition) is 3. The predicted molar refractivity (Wildman–Crippen MR) is 66.8 cm³/mol. The Morgan fingerprint density at radius 2 is 1.76 bits per heavy atom. The van der Waals surface area contributed by atoms with Crippen molar-refractivity contribution in [3.63, 3.8) is 0 Å². The quantitative estimate of drug-likeness (QED) is 0.651. The maximum absolute atomic E-state index is 11.5. The van der Waals surface area contributed by atoms with Crippen LogP contribution in [0, 0.1) is 5.92 Å². The molecule has 0 aliphatic rings. The Kier molecular flexibility index (Phi) is 6.16. The summed E-state index contributed by atoms with van der Waals surface area (Å²) >= 11 is 0. The summed E-state index contributed by atoms with van der Waals surface area (Å²) in [6.45, 7) is 10.1. The number of carbonyl (C=O) groups is 2. The Balaban J connectivity index is 4.04. The minimum atomic E-state index is -0.989. The summed E-state index contributed by atoms with van der Waals surface area (Å²) in [5, 5.41) is 14.6. The summed E-state index contributed by atoms with van der Waals surface area (Å²) in [6, 6.07) is -0.808. The highest BCUT2D eigenvalue weighted by Gasteiger charge is 2.23. The normalized spacial score (nSPS) is 13.5. The molecule has 0 aliphatic carbocycles. The molecule has 5 nitrogen and oxygen atoms in total. The molecule has 0 aromatic rings. The highest BCUT2D eigenvalue weighted by atomic mass is 16.4. The third-order valence-corrected chi connectivity index (χ3v) is 2.26. The summed E-state index contributed by atoms with van der Waals surface area (Å²) in [5.41, 5.74) is -0.0372. The molecule has 1 atom stereocenters. The summed E-state index contributed by atoms with van der Waals surface area (Å²) in [6.07, 6.45) is 0.285. The molecule has 100 valence electrons. The molecule has 0 aromatic carbocycles. The van der Waals surface area contributed by atoms with Crippen LogP contribution in [-0.2, 0) is 9.59 Å². The fourth-order valence-electron chi connectivity index (χ4n) is 1.31. The van der Waals surface area contributed by atoms with Gasteiger partial charge in [-0.2, -0.15) is 0 Å². The van der Waals surface area contributed by atoms with Crippen LogP contribution in [0.2, 0.25) is 0 Å². The van der Waals surface area contributed by atoms with Gasteiger partial charge in [0.15, 0.2) is 0 Å². The minimum Gasteiger partial charge on any atom is -0.480 e. The molecule has 0 radical (unpaired) electrons. The summed E-state index contributed by atoms with van der Waals surface area (Å²) in [4.78, 5) is 22.4. The zero-order valence-corrected chi connectivity index (χ0v) is 11.3. The number of carboxylic acids is 1. The van der Waals surface area contributed by atoms with E-state index in [9.17, 15) is 9.59 Å². The van der Waals surface area contributed by atoms with E-state index in [0.717, 1.165) is 0 Å². The van der Waals surface area contributed by atoms with E-state index in [2.05, 4.69) is 10.6 Å². The Morgan fingerprint density at radius 1 is 1.24 bits per heavy atom. The van der Waals surface area contributed by atoms with E-state index in [0.29, 0.717) is 6.54 Å². The first kappa shape index (κ1) is 15.9. The molecule has 0 spiro atoms. The van der Waals surface area contributed by atoms with Gasteiger partial charge in [-0.15, -0.1) is 0 Å². The van der Waals surface area contributed by atoms with E-state index in [1.807, 2.05) is 20.8 Å². The fourth-order valence-corrected chi connectivity index (χ4v) is 1.31. The van der Waals surface area contributed by atoms with Gasteiger partial charge >= 0.3 is 5.97 Å². The molecule has 1 amide bonds. The van der Waals surface area contributed by atoms with E-state index in [1.54, 1.807) is 13.8 Å². The number of aliphatic carboxylic acids is 1. The van der Waals surface area contributed by atoms with Crippen molar-refractivity contribution >= 4 is 11.9 Å². The van der Waals surface area contributed by atoms with Crippen molar-refractivity contribution < 1.29 is 14.7 Å². The van der Waals surface area contributed by atoms with Crippen LogP contribution in [0.3, 0.4) is 0 Å². The summed E-state index contributed by atoms with van der Waals surface area (Å²) < 4.78 is 0. The number of carbonyl (C=O) groups excluding carboxylic acids is 1. The molecule has 3 N–H and O–H groups in total. The second-order valence-electron chi connectivity index (χ2n) is 5.55. The van der Waals surface area contributed by atoms with Crippen LogP contribution < -0.4 is 10.6 Å². The van der Waals surface area contributed by atoms with E-state index in [4.69, 9.17) is 5.11 Å². The van der Waals surface area contributed by atoms with Crippen LogP contribution in [0.4, 0.5) is 0 Å². The van der Waals surface area contributed by atoms with Gasteiger partial charge in [0.2, 0.25) is 5.91 Å². The van der Waals surface area contributed by atoms with Gasteiger partial charge in [0.25, 0.3) is 0 Å². The Hall–Kier alpha value is -1.10. The molecule has 0 heterocycles. The lowest BCUT2D eigenvalue weighted by Gasteiger charge is -2.21. The third-order valence-electron chi connectivity index (χ3n) is 2.26. The molecular formula is C12H24N2O3. The number of amides is 1. The van der Waals surface area contributed by atoms with Crippen LogP contribution >= 0.6 is 0 Å². The van der Waals surface area contributed by atoms with Crippen LogP contribution in [-0.4, -0.2) is 35.1 Å². The second kappa shape index (κ2) is 6.59. The van der Waals surface area contributed by atoms with Crippen molar-refractivity contribution in [1.82, 2.24) is 10.6 Å². The molecule has 0 bridgehead atoms. The smallest absolute Gasteiger partial charge is 0.326 e. The first-order valence-electron chi connectivity index (χ1n) is 5.90. The zero-order chi connectivity index (χ0) is 13.6. The average molecular weight is 244 g/mol. The van der Waals surface area contributed by atoms with Gasteiger partial charge in [0, 0.05) is 18.5 Å². The molecule has 0 saturated heterocycles. The topological polar surface area (TPSA) is 78.4 Å². The standard InChI is InChI=1S/C12H24N2O3/c1-8(2)10(11(16)17)14-9(15)6-7-13-12(3,4)5/h8,10,13H,6-7H2,1-5H3,(H,14,15)(H,16,17)/t10-/m1/s1. The molecule has 0 unspecified atom stereocenters. The molecular weight excluding hydrogens is 220 g/mol. The lowest BCUT2D eigenvalue weighted by Crippen LogP contribution is -2.45. The molecule has 0 saturated carbocycles. The number of hydrogen-bond acceptors (Lipinski definition) is 3. The lowest BCUT2D eigenvalue weighted by atomic mass is 10.0. The van der Waals surface area contributed by atoms with Crippen LogP contribution in [0.1, 0.15) is 41.0 Å². The van der Waals surface area contributed by atoms with E-state index >= 15 is 0 Å². The summed E-state index contributed by atoms with van der Waals surface area (Å²) in [7, 11) is 0. The van der Waals surface area contributed by atoms with Crippen molar-refractivity contribution in [2.75, 3.05) is 6.54 Å². The SMILES string of the molecule is CC(C)[C@@H](NC(=O)CCNC(C)(C)C)C(=O)O. The zero-order valence-electron chi connectivity index (χ0n) is 11.3. The first-order chi connectivity index (χ1) is 7.63. The highest BCUT2D eigenvalue weighted by molar-refractivity contribution is 5.83. The number of nitrogens with one attached hydrogen (secondary N) is 2. The van der Waals surface area contributed by atoms with Crippen molar-refractivity contribution in [3.05, 3.63) is 0 Å². The van der Waals surface area contributed by atoms with Crippen molar-refractivity contribution in [1.29, 1.82) is 0 Å². The van der Waals surface area contributed by atoms with Crippen LogP contribution in [0.15, 0.2) is 0 Å². The van der Waals surface area contributed by atoms with Gasteiger partial charge in [0.1, 0.15) is 6.04 Å². The van der Waals surface area contributed by atoms with E-state index < -0.39 is 12.0 Å². The largest absolute Gasteiger partial charge is 0.480 e. The van der Waals surface area contributed by atoms with E-state index in [-0.39, 0.29) is 23.8 Å². The fraction of sp³-hybridized carbons (Fsp3) is 0.833. The van der Waals surface area contributed by atoms with Crippen LogP contribution in [0.25, 0.3) is 0 Å². The van der Waals surface area contributed by atoms with Crippen molar-refractivity contribution in [3.8, 4) is 0 Å². The summed E-state index contributed by atoms with van der Waals surface area (Å²) in [5.74, 6) is -1.34. The van der Waals surface area contributed by atoms with Gasteiger partial charge in [-0.25, -0.2) is 4.79 Å². The van der Waals surface area contributed by atoms with E-state index in [1.165, 1.54) is 0 Å². The second-order valence-corrected chi connectivity index (χ2v) is 5.55. The maximum Gasteiger partial charge on any atom is 0.326 e. The Labute approximate surface area is 103 Å². The molecule has 0 rings (SSSR count). The van der Waals surface area contributed by atoms with Gasteiger partial charge in [-0.05, 0) is 26.7 Å². The number of carboxylic acid groups (broad SMARTS) is 1. The van der Waals surface area contributed by atoms with Gasteiger partial charge in [-0.1, -0.05) is 13.8 Å². The van der Waals surface area contributed by atoms with Gasteiger partial charge in [-0.3, -0.25) is 4.79 Å². The Bertz CT molecular complexity index is 269. The predicted octanol–water partition coefficient (Wildman–Crippen LogP) is 0.990. The molecule has 5 heteroatoms. The maximum atomic E-state index is 11.5. The average Bonchev–Trinajstić information content (AvgIpc) is 2.10. The third kappa shape index (κ3) is 7.74. The molecule has 0 aromatic heterocycles. The highest BCUT2D eigenvalue weighted by Crippen LogP contribution is 2.02. The Morgan fingerprint density at radius 3 is 2.12 bits per heavy atom. The molecule has 0 aliphatic heterocycles. The number of rotatable bonds is 6. The van der Waals surface area contributed by atoms with Crippen LogP contribution in [0.5, 0.6) is 0 Å². The first-order valence-corrected chi connectivity index (χ1v) is 5.90. The van der Waals surface area contributed by atoms with Crippen molar-refractivity contribution in [2.24, 2.45) is 5.92 Å². The lowest BCUT2D eigenvalue weighted by molar-refractivity contribution is -0.143. The molecule has 17 heavy (non-hydrogen) atoms. The monoisotopic (exact) mass is 244 g/mol. The van der Waals surface area contributed by atoms with Crippen molar-refractivity contribution in [2.45, 2.75) is 52.6 Å². The minimum absolute atomic E-state index is 0.0372.